The molecule has 0 N–H and O–H groups in total. The highest BCUT2D eigenvalue weighted by Crippen LogP contribution is 2.32. The van der Waals surface area contributed by atoms with Gasteiger partial charge >= 0.3 is 0 Å². The van der Waals surface area contributed by atoms with Gasteiger partial charge in [-0.2, -0.15) is 4.98 Å². The van der Waals surface area contributed by atoms with Crippen molar-refractivity contribution in [3.05, 3.63) is 65.2 Å². The van der Waals surface area contributed by atoms with Crippen LogP contribution in [-0.2, 0) is 4.79 Å². The molecule has 126 valence electrons. The standard InChI is InChI=1S/C18H13ClFN3O2/c19-12-5-7-13(8-6-12)23-10-11(9-16(23)24)17-21-18(25-22-17)14-3-1-2-4-15(14)20/h1-8,11H,9-10H2. The third-order valence-corrected chi connectivity index (χ3v) is 4.43. The van der Waals surface area contributed by atoms with Gasteiger partial charge in [-0.3, -0.25) is 4.79 Å². The van der Waals surface area contributed by atoms with E-state index in [4.69, 9.17) is 16.1 Å². The molecule has 1 amide bonds. The lowest BCUT2D eigenvalue weighted by Gasteiger charge is -2.16. The van der Waals surface area contributed by atoms with Gasteiger partial charge in [0.25, 0.3) is 5.89 Å². The van der Waals surface area contributed by atoms with Crippen molar-refractivity contribution in [3.63, 3.8) is 0 Å². The highest BCUT2D eigenvalue weighted by Gasteiger charge is 2.34. The third-order valence-electron chi connectivity index (χ3n) is 4.17. The average Bonchev–Trinajstić information content (AvgIpc) is 3.23. The first-order valence-corrected chi connectivity index (χ1v) is 8.14. The van der Waals surface area contributed by atoms with E-state index in [0.717, 1.165) is 5.69 Å². The Bertz CT molecular complexity index is 926. The first kappa shape index (κ1) is 15.8. The van der Waals surface area contributed by atoms with Crippen LogP contribution in [0.2, 0.25) is 5.02 Å². The van der Waals surface area contributed by atoms with Gasteiger partial charge in [-0.05, 0) is 36.4 Å². The molecule has 2 heterocycles. The molecule has 0 radical (unpaired) electrons. The zero-order valence-electron chi connectivity index (χ0n) is 13.0. The number of benzene rings is 2. The summed E-state index contributed by atoms with van der Waals surface area (Å²) in [6.45, 7) is 0.441. The fraction of sp³-hybridized carbons (Fsp3) is 0.167. The molecule has 2 aromatic carbocycles. The Morgan fingerprint density at radius 1 is 1.16 bits per heavy atom. The van der Waals surface area contributed by atoms with Crippen LogP contribution in [-0.4, -0.2) is 22.6 Å². The maximum absolute atomic E-state index is 13.8. The zero-order chi connectivity index (χ0) is 17.4. The molecule has 0 spiro atoms. The first-order valence-electron chi connectivity index (χ1n) is 7.76. The Kier molecular flexibility index (Phi) is 3.97. The van der Waals surface area contributed by atoms with Crippen molar-refractivity contribution in [3.8, 4) is 11.5 Å². The lowest BCUT2D eigenvalue weighted by molar-refractivity contribution is -0.117. The van der Waals surface area contributed by atoms with Crippen LogP contribution >= 0.6 is 11.6 Å². The van der Waals surface area contributed by atoms with E-state index in [2.05, 4.69) is 10.1 Å². The van der Waals surface area contributed by atoms with E-state index in [9.17, 15) is 9.18 Å². The summed E-state index contributed by atoms with van der Waals surface area (Å²) in [5.74, 6) is -0.131. The minimum absolute atomic E-state index is 0.0236. The summed E-state index contributed by atoms with van der Waals surface area (Å²) in [7, 11) is 0. The molecule has 3 aromatic rings. The summed E-state index contributed by atoms with van der Waals surface area (Å²) in [5, 5.41) is 4.55. The summed E-state index contributed by atoms with van der Waals surface area (Å²) in [6.07, 6.45) is 0.277. The van der Waals surface area contributed by atoms with Gasteiger partial charge < -0.3 is 9.42 Å². The van der Waals surface area contributed by atoms with Crippen LogP contribution in [0.25, 0.3) is 11.5 Å². The number of halogens is 2. The lowest BCUT2D eigenvalue weighted by Crippen LogP contribution is -2.24. The summed E-state index contributed by atoms with van der Waals surface area (Å²) >= 11 is 5.89. The molecule has 0 aliphatic carbocycles. The molecule has 5 nitrogen and oxygen atoms in total. The second-order valence-corrected chi connectivity index (χ2v) is 6.26. The van der Waals surface area contributed by atoms with E-state index in [1.165, 1.54) is 6.07 Å². The molecule has 1 fully saturated rings. The molecule has 25 heavy (non-hydrogen) atoms. The monoisotopic (exact) mass is 357 g/mol. The summed E-state index contributed by atoms with van der Waals surface area (Å²) in [5.41, 5.74) is 1.02. The fourth-order valence-corrected chi connectivity index (χ4v) is 3.02. The number of anilines is 1. The number of rotatable bonds is 3. The normalized spacial score (nSPS) is 17.3. The number of hydrogen-bond acceptors (Lipinski definition) is 4. The van der Waals surface area contributed by atoms with Crippen LogP contribution in [0.15, 0.2) is 53.1 Å². The molecule has 0 bridgehead atoms. The molecule has 1 saturated heterocycles. The predicted molar refractivity (Wildman–Crippen MR) is 90.9 cm³/mol. The van der Waals surface area contributed by atoms with Gasteiger partial charge in [0.2, 0.25) is 5.91 Å². The van der Waals surface area contributed by atoms with Gasteiger partial charge in [0.15, 0.2) is 5.82 Å². The van der Waals surface area contributed by atoms with Gasteiger partial charge in [-0.1, -0.05) is 28.9 Å². The van der Waals surface area contributed by atoms with Crippen molar-refractivity contribution < 1.29 is 13.7 Å². The lowest BCUT2D eigenvalue weighted by atomic mass is 10.1. The highest BCUT2D eigenvalue weighted by molar-refractivity contribution is 6.30. The van der Waals surface area contributed by atoms with Crippen LogP contribution in [0.3, 0.4) is 0 Å². The SMILES string of the molecule is O=C1CC(c2noc(-c3ccccc3F)n2)CN1c1ccc(Cl)cc1. The van der Waals surface area contributed by atoms with Gasteiger partial charge in [0, 0.05) is 29.6 Å². The second kappa shape index (κ2) is 6.29. The number of hydrogen-bond donors (Lipinski definition) is 0. The number of amides is 1. The molecule has 1 aliphatic rings. The molecule has 1 aromatic heterocycles. The van der Waals surface area contributed by atoms with Gasteiger partial charge in [0.1, 0.15) is 5.82 Å². The topological polar surface area (TPSA) is 59.2 Å². The van der Waals surface area contributed by atoms with E-state index in [-0.39, 0.29) is 29.7 Å². The Morgan fingerprint density at radius 3 is 2.68 bits per heavy atom. The predicted octanol–water partition coefficient (Wildman–Crippen LogP) is 4.05. The Balaban J connectivity index is 1.57. The minimum atomic E-state index is -0.428. The van der Waals surface area contributed by atoms with Crippen LogP contribution in [0, 0.1) is 5.82 Å². The maximum Gasteiger partial charge on any atom is 0.260 e. The molecule has 0 saturated carbocycles. The maximum atomic E-state index is 13.8. The van der Waals surface area contributed by atoms with Crippen molar-refractivity contribution in [2.45, 2.75) is 12.3 Å². The van der Waals surface area contributed by atoms with Crippen molar-refractivity contribution in [1.82, 2.24) is 10.1 Å². The molecular formula is C18H13ClFN3O2. The number of carbonyl (C=O) groups excluding carboxylic acids is 1. The van der Waals surface area contributed by atoms with Gasteiger partial charge in [-0.15, -0.1) is 0 Å². The Hall–Kier alpha value is -2.73. The van der Waals surface area contributed by atoms with Crippen LogP contribution in [0.4, 0.5) is 10.1 Å². The van der Waals surface area contributed by atoms with Crippen LogP contribution in [0.5, 0.6) is 0 Å². The van der Waals surface area contributed by atoms with Crippen molar-refractivity contribution >= 4 is 23.2 Å². The number of nitrogens with zero attached hydrogens (tertiary/aromatic N) is 3. The van der Waals surface area contributed by atoms with Crippen molar-refractivity contribution in [1.29, 1.82) is 0 Å². The van der Waals surface area contributed by atoms with E-state index in [1.807, 2.05) is 0 Å². The van der Waals surface area contributed by atoms with Crippen LogP contribution < -0.4 is 4.90 Å². The average molecular weight is 358 g/mol. The quantitative estimate of drug-likeness (QED) is 0.709. The Labute approximate surface area is 148 Å². The number of aromatic nitrogens is 2. The summed E-state index contributed by atoms with van der Waals surface area (Å²) in [6, 6.07) is 13.3. The molecule has 7 heteroatoms. The molecule has 1 aliphatic heterocycles. The van der Waals surface area contributed by atoms with Crippen LogP contribution in [0.1, 0.15) is 18.2 Å². The minimum Gasteiger partial charge on any atom is -0.334 e. The van der Waals surface area contributed by atoms with E-state index in [1.54, 1.807) is 47.4 Å². The molecular weight excluding hydrogens is 345 g/mol. The molecule has 4 rings (SSSR count). The van der Waals surface area contributed by atoms with Gasteiger partial charge in [0.05, 0.1) is 5.56 Å². The van der Waals surface area contributed by atoms with E-state index >= 15 is 0 Å². The van der Waals surface area contributed by atoms with E-state index < -0.39 is 5.82 Å². The zero-order valence-corrected chi connectivity index (χ0v) is 13.8. The number of carbonyl (C=O) groups is 1. The van der Waals surface area contributed by atoms with Crippen molar-refractivity contribution in [2.75, 3.05) is 11.4 Å². The first-order chi connectivity index (χ1) is 12.1. The highest BCUT2D eigenvalue weighted by atomic mass is 35.5. The van der Waals surface area contributed by atoms with Gasteiger partial charge in [-0.25, -0.2) is 4.39 Å². The molecule has 1 unspecified atom stereocenters. The molecule has 1 atom stereocenters. The smallest absolute Gasteiger partial charge is 0.260 e. The fourth-order valence-electron chi connectivity index (χ4n) is 2.90. The van der Waals surface area contributed by atoms with Crippen molar-refractivity contribution in [2.24, 2.45) is 0 Å². The Morgan fingerprint density at radius 2 is 1.92 bits per heavy atom. The van der Waals surface area contributed by atoms with E-state index in [0.29, 0.717) is 17.4 Å². The summed E-state index contributed by atoms with van der Waals surface area (Å²) < 4.78 is 19.0. The third kappa shape index (κ3) is 3.00. The second-order valence-electron chi connectivity index (χ2n) is 5.82. The largest absolute Gasteiger partial charge is 0.334 e. The summed E-state index contributed by atoms with van der Waals surface area (Å²) in [4.78, 5) is 18.3.